The van der Waals surface area contributed by atoms with Crippen molar-refractivity contribution >= 4 is 23.6 Å². The van der Waals surface area contributed by atoms with E-state index >= 15 is 0 Å². The predicted octanol–water partition coefficient (Wildman–Crippen LogP) is 2.84. The van der Waals surface area contributed by atoms with Crippen molar-refractivity contribution in [1.29, 1.82) is 0 Å². The number of rotatable bonds is 17. The summed E-state index contributed by atoms with van der Waals surface area (Å²) in [5.41, 5.74) is 7.87. The number of aliphatic hydroxyl groups excluding tert-OH is 2. The molecule has 14 heteroatoms. The zero-order valence-corrected chi connectivity index (χ0v) is 29.7. The third-order valence-electron chi connectivity index (χ3n) is 8.80. The van der Waals surface area contributed by atoms with Crippen molar-refractivity contribution in [3.05, 3.63) is 95.8 Å². The van der Waals surface area contributed by atoms with Gasteiger partial charge in [-0.05, 0) is 47.7 Å². The predicted molar refractivity (Wildman–Crippen MR) is 191 cm³/mol. The maximum atomic E-state index is 15.0. The highest BCUT2D eigenvalue weighted by Crippen LogP contribution is 2.41. The van der Waals surface area contributed by atoms with Crippen molar-refractivity contribution in [2.45, 2.75) is 64.9 Å². The zero-order valence-electron chi connectivity index (χ0n) is 29.7. The Morgan fingerprint density at radius 1 is 1.02 bits per heavy atom. The Bertz CT molecular complexity index is 1740. The molecule has 0 fully saturated rings. The minimum atomic E-state index is -1.02. The van der Waals surface area contributed by atoms with E-state index in [0.29, 0.717) is 17.8 Å². The molecular weight excluding hydrogens is 674 g/mol. The van der Waals surface area contributed by atoms with E-state index in [4.69, 9.17) is 5.73 Å². The number of hydrogen-bond acceptors (Lipinski definition) is 7. The van der Waals surface area contributed by atoms with Gasteiger partial charge in [-0.1, -0.05) is 51.1 Å². The Hall–Kier alpha value is -4.92. The molecule has 52 heavy (non-hydrogen) atoms. The van der Waals surface area contributed by atoms with Crippen LogP contribution in [0.25, 0.3) is 11.1 Å². The van der Waals surface area contributed by atoms with Crippen LogP contribution in [0.15, 0.2) is 72.9 Å². The number of aromatic nitrogens is 1. The van der Waals surface area contributed by atoms with Crippen LogP contribution in [0.2, 0.25) is 0 Å². The Morgan fingerprint density at radius 2 is 1.71 bits per heavy atom. The van der Waals surface area contributed by atoms with Crippen LogP contribution < -0.4 is 16.4 Å². The lowest BCUT2D eigenvalue weighted by molar-refractivity contribution is -0.139. The third-order valence-corrected chi connectivity index (χ3v) is 8.80. The van der Waals surface area contributed by atoms with Gasteiger partial charge in [-0.2, -0.15) is 0 Å². The number of halogens is 2. The Kier molecular flexibility index (Phi) is 13.8. The number of carbonyl (C=O) groups excluding carboxylic acids is 4. The number of benzene rings is 2. The van der Waals surface area contributed by atoms with E-state index in [-0.39, 0.29) is 62.8 Å². The minimum Gasteiger partial charge on any atom is -0.387 e. The van der Waals surface area contributed by atoms with Crippen molar-refractivity contribution in [1.82, 2.24) is 25.0 Å². The molecule has 1 aliphatic rings. The Labute approximate surface area is 302 Å². The van der Waals surface area contributed by atoms with Crippen LogP contribution in [-0.2, 0) is 25.7 Å². The quantitative estimate of drug-likeness (QED) is 0.143. The average Bonchev–Trinajstić information content (AvgIpc) is 3.66. The highest BCUT2D eigenvalue weighted by Gasteiger charge is 2.37. The summed E-state index contributed by atoms with van der Waals surface area (Å²) in [7, 11) is 0. The second-order valence-corrected chi connectivity index (χ2v) is 13.9. The largest absolute Gasteiger partial charge is 0.387 e. The molecule has 0 saturated heterocycles. The first-order valence-electron chi connectivity index (χ1n) is 17.2. The maximum Gasteiger partial charge on any atom is 0.248 e. The number of nitrogens with zero attached hydrogens (tertiary/aromatic N) is 3. The minimum absolute atomic E-state index is 0.0666. The lowest BCUT2D eigenvalue weighted by Gasteiger charge is -2.41. The summed E-state index contributed by atoms with van der Waals surface area (Å²) in [6.45, 7) is 5.87. The SMILES string of the molecule is CC(C)(C)[C@H](c1cc(-c2cc(F)ccc2F)cn1Cc1ccccc1)N(CC[C@H](N)CNC(=O)CCC(=O)NCCN1C(=O)C=CC1O)C(=O)CO. The van der Waals surface area contributed by atoms with Gasteiger partial charge in [-0.25, -0.2) is 8.78 Å². The molecule has 1 aliphatic heterocycles. The van der Waals surface area contributed by atoms with E-state index in [2.05, 4.69) is 10.6 Å². The highest BCUT2D eigenvalue weighted by molar-refractivity contribution is 5.90. The van der Waals surface area contributed by atoms with Crippen LogP contribution >= 0.6 is 0 Å². The standard InChI is InChI=1S/C38H48F2N6O6/c1-38(2,3)37(31-19-26(29-20-27(39)9-10-30(29)40)23-44(31)22-25-7-5-4-6-8-25)46(36(52)24-47)17-15-28(41)21-43-33(49)12-11-32(48)42-16-18-45-34(50)13-14-35(45)51/h4-10,13-14,19-20,23,28,34,37,47,50H,11-12,15-18,21-22,24,41H2,1-3H3,(H,42,48)(H,43,49)/t28-,34?,37-/m0/s1. The van der Waals surface area contributed by atoms with Crippen molar-refractivity contribution in [2.24, 2.45) is 11.1 Å². The molecule has 2 heterocycles. The normalized spacial score (nSPS) is 15.4. The zero-order chi connectivity index (χ0) is 38.0. The smallest absolute Gasteiger partial charge is 0.248 e. The first-order chi connectivity index (χ1) is 24.7. The fourth-order valence-corrected chi connectivity index (χ4v) is 6.21. The first kappa shape index (κ1) is 39.9. The van der Waals surface area contributed by atoms with Crippen LogP contribution in [0.5, 0.6) is 0 Å². The van der Waals surface area contributed by atoms with Gasteiger partial charge in [0.1, 0.15) is 24.5 Å². The first-order valence-corrected chi connectivity index (χ1v) is 17.2. The second kappa shape index (κ2) is 18.0. The maximum absolute atomic E-state index is 15.0. The van der Waals surface area contributed by atoms with Gasteiger partial charge in [-0.15, -0.1) is 0 Å². The molecule has 4 amide bonds. The Balaban J connectivity index is 1.43. The topological polar surface area (TPSA) is 170 Å². The number of amides is 4. The fraction of sp³-hybridized carbons (Fsp3) is 0.421. The van der Waals surface area contributed by atoms with Gasteiger partial charge >= 0.3 is 0 Å². The van der Waals surface area contributed by atoms with E-state index in [0.717, 1.165) is 23.8 Å². The second-order valence-electron chi connectivity index (χ2n) is 13.9. The summed E-state index contributed by atoms with van der Waals surface area (Å²) >= 11 is 0. The van der Waals surface area contributed by atoms with E-state index in [1.807, 2.05) is 55.7 Å². The summed E-state index contributed by atoms with van der Waals surface area (Å²) in [5.74, 6) is -2.86. The third kappa shape index (κ3) is 10.8. The average molecular weight is 723 g/mol. The molecule has 0 radical (unpaired) electrons. The molecule has 0 aliphatic carbocycles. The van der Waals surface area contributed by atoms with Crippen molar-refractivity contribution in [3.8, 4) is 11.1 Å². The van der Waals surface area contributed by atoms with Gasteiger partial charge in [0.25, 0.3) is 0 Å². The van der Waals surface area contributed by atoms with Gasteiger partial charge in [-0.3, -0.25) is 19.2 Å². The van der Waals surface area contributed by atoms with Crippen LogP contribution in [0.3, 0.4) is 0 Å². The number of aliphatic hydroxyl groups is 2. The summed E-state index contributed by atoms with van der Waals surface area (Å²) < 4.78 is 31.2. The van der Waals surface area contributed by atoms with Gasteiger partial charge in [0.05, 0.1) is 6.04 Å². The van der Waals surface area contributed by atoms with E-state index in [1.165, 1.54) is 17.1 Å². The summed E-state index contributed by atoms with van der Waals surface area (Å²) in [6.07, 6.45) is 3.38. The molecule has 0 spiro atoms. The number of nitrogens with two attached hydrogens (primary N) is 1. The van der Waals surface area contributed by atoms with E-state index < -0.39 is 53.8 Å². The molecule has 0 saturated carbocycles. The van der Waals surface area contributed by atoms with E-state index in [9.17, 15) is 38.2 Å². The Morgan fingerprint density at radius 3 is 2.35 bits per heavy atom. The summed E-state index contributed by atoms with van der Waals surface area (Å²) in [6, 6.07) is 13.4. The molecule has 3 aromatic rings. The van der Waals surface area contributed by atoms with Gasteiger partial charge in [0.2, 0.25) is 23.6 Å². The molecular formula is C38H48F2N6O6. The number of carbonyl (C=O) groups is 4. The van der Waals surface area contributed by atoms with Crippen LogP contribution in [0, 0.1) is 17.0 Å². The van der Waals surface area contributed by atoms with Crippen molar-refractivity contribution in [2.75, 3.05) is 32.8 Å². The lowest BCUT2D eigenvalue weighted by Crippen LogP contribution is -2.46. The van der Waals surface area contributed by atoms with E-state index in [1.54, 1.807) is 17.2 Å². The fourth-order valence-electron chi connectivity index (χ4n) is 6.21. The van der Waals surface area contributed by atoms with Gasteiger partial charge in [0.15, 0.2) is 0 Å². The number of nitrogens with one attached hydrogen (secondary N) is 2. The van der Waals surface area contributed by atoms with Crippen LogP contribution in [-0.4, -0.2) is 93.3 Å². The molecule has 3 atom stereocenters. The molecule has 1 aromatic heterocycles. The van der Waals surface area contributed by atoms with Crippen molar-refractivity contribution < 1.29 is 38.2 Å². The number of hydrogen-bond donors (Lipinski definition) is 5. The monoisotopic (exact) mass is 722 g/mol. The lowest BCUT2D eigenvalue weighted by atomic mass is 9.82. The highest BCUT2D eigenvalue weighted by atomic mass is 19.1. The molecule has 1 unspecified atom stereocenters. The van der Waals surface area contributed by atoms with Crippen LogP contribution in [0.4, 0.5) is 8.78 Å². The van der Waals surface area contributed by atoms with Crippen molar-refractivity contribution in [3.63, 3.8) is 0 Å². The molecule has 2 aromatic carbocycles. The molecule has 0 bridgehead atoms. The molecule has 280 valence electrons. The molecule has 6 N–H and O–H groups in total. The van der Waals surface area contributed by atoms with Gasteiger partial charge in [0, 0.05) is 80.7 Å². The summed E-state index contributed by atoms with van der Waals surface area (Å²) in [4.78, 5) is 52.5. The van der Waals surface area contributed by atoms with Gasteiger partial charge < -0.3 is 40.9 Å². The van der Waals surface area contributed by atoms with Crippen LogP contribution in [0.1, 0.15) is 57.3 Å². The molecule has 4 rings (SSSR count). The molecule has 12 nitrogen and oxygen atoms in total. The summed E-state index contributed by atoms with van der Waals surface area (Å²) in [5, 5.41) is 25.1.